The first-order valence-electron chi connectivity index (χ1n) is 20.5. The van der Waals surface area contributed by atoms with Gasteiger partial charge in [0.1, 0.15) is 0 Å². The molecule has 0 aliphatic carbocycles. The smallest absolute Gasteiger partial charge is 0.0546 e. The molecule has 0 N–H and O–H groups in total. The van der Waals surface area contributed by atoms with Crippen molar-refractivity contribution in [2.45, 2.75) is 0 Å². The van der Waals surface area contributed by atoms with Crippen LogP contribution in [0.2, 0.25) is 0 Å². The van der Waals surface area contributed by atoms with Gasteiger partial charge in [0.25, 0.3) is 0 Å². The van der Waals surface area contributed by atoms with Crippen molar-refractivity contribution in [2.75, 3.05) is 4.90 Å². The summed E-state index contributed by atoms with van der Waals surface area (Å²) in [6.07, 6.45) is 0. The van der Waals surface area contributed by atoms with E-state index in [9.17, 15) is 0 Å². The largest absolute Gasteiger partial charge is 0.310 e. The summed E-state index contributed by atoms with van der Waals surface area (Å²) in [5, 5.41) is 5.12. The highest BCUT2D eigenvalue weighted by Gasteiger charge is 2.23. The maximum atomic E-state index is 2.44. The van der Waals surface area contributed by atoms with E-state index in [1.54, 1.807) is 0 Å². The third-order valence-electron chi connectivity index (χ3n) is 11.7. The topological polar surface area (TPSA) is 3.24 Å². The van der Waals surface area contributed by atoms with E-state index in [4.69, 9.17) is 0 Å². The summed E-state index contributed by atoms with van der Waals surface area (Å²) in [6.45, 7) is 0. The summed E-state index contributed by atoms with van der Waals surface area (Å²) in [4.78, 5) is 2.44. The van der Waals surface area contributed by atoms with Crippen molar-refractivity contribution in [3.63, 3.8) is 0 Å². The van der Waals surface area contributed by atoms with Crippen LogP contribution in [0.1, 0.15) is 0 Å². The fourth-order valence-corrected chi connectivity index (χ4v) is 9.97. The highest BCUT2D eigenvalue weighted by Crippen LogP contribution is 2.49. The summed E-state index contributed by atoms with van der Waals surface area (Å²) in [5.41, 5.74) is 15.2. The van der Waals surface area contributed by atoms with Crippen LogP contribution in [0, 0.1) is 0 Å². The molecule has 0 aliphatic heterocycles. The molecule has 0 saturated heterocycles. The Morgan fingerprint density at radius 3 is 1.57 bits per heavy atom. The van der Waals surface area contributed by atoms with E-state index in [0.717, 1.165) is 17.1 Å². The molecule has 0 radical (unpaired) electrons. The molecule has 0 unspecified atom stereocenters. The van der Waals surface area contributed by atoms with Crippen molar-refractivity contribution in [3.05, 3.63) is 237 Å². The normalized spacial score (nSPS) is 11.3. The highest BCUT2D eigenvalue weighted by molar-refractivity contribution is 7.25. The number of nitrogens with zero attached hydrogens (tertiary/aromatic N) is 1. The van der Waals surface area contributed by atoms with E-state index in [-0.39, 0.29) is 0 Å². The Bertz CT molecular complexity index is 3290. The molecule has 10 aromatic carbocycles. The van der Waals surface area contributed by atoms with Crippen LogP contribution in [0.3, 0.4) is 0 Å². The van der Waals surface area contributed by atoms with Gasteiger partial charge in [0.05, 0.1) is 5.69 Å². The standard InChI is InChI=1S/C58H39NS/c1-3-16-42(17-4-1)49-21-9-10-22-52(49)57-50(43-18-5-2-6-19-43)24-13-26-54(57)59(47-35-31-41(32-36-47)46-30-29-40-15-7-8-20-45(40)39-46)48-37-33-44(34-38-48)51-25-14-28-56-58(51)53-23-11-12-27-55(53)60-56/h1-39H. The number of benzene rings is 10. The van der Waals surface area contributed by atoms with Crippen LogP contribution < -0.4 is 4.90 Å². The van der Waals surface area contributed by atoms with Crippen LogP contribution in [0.5, 0.6) is 0 Å². The number of thiophene rings is 1. The molecule has 1 nitrogen and oxygen atoms in total. The molecule has 1 heterocycles. The minimum absolute atomic E-state index is 1.09. The van der Waals surface area contributed by atoms with Crippen molar-refractivity contribution >= 4 is 59.3 Å². The molecular formula is C58H39NS. The van der Waals surface area contributed by atoms with Crippen LogP contribution in [-0.4, -0.2) is 0 Å². The minimum atomic E-state index is 1.09. The van der Waals surface area contributed by atoms with Gasteiger partial charge in [-0.1, -0.05) is 188 Å². The lowest BCUT2D eigenvalue weighted by atomic mass is 9.87. The molecule has 0 atom stereocenters. The van der Waals surface area contributed by atoms with Crippen LogP contribution in [0.4, 0.5) is 17.1 Å². The monoisotopic (exact) mass is 781 g/mol. The van der Waals surface area contributed by atoms with Crippen molar-refractivity contribution in [2.24, 2.45) is 0 Å². The maximum Gasteiger partial charge on any atom is 0.0546 e. The molecule has 2 heteroatoms. The van der Waals surface area contributed by atoms with Crippen molar-refractivity contribution in [1.29, 1.82) is 0 Å². The Labute approximate surface area is 354 Å². The SMILES string of the molecule is c1ccc(-c2ccccc2-c2c(-c3ccccc3)cccc2N(c2ccc(-c3ccc4ccccc4c3)cc2)c2ccc(-c3cccc4sc5ccccc5c34)cc2)cc1. The van der Waals surface area contributed by atoms with E-state index < -0.39 is 0 Å². The number of rotatable bonds is 8. The van der Waals surface area contributed by atoms with Crippen LogP contribution >= 0.6 is 11.3 Å². The van der Waals surface area contributed by atoms with E-state index in [1.807, 2.05) is 11.3 Å². The van der Waals surface area contributed by atoms with Crippen molar-refractivity contribution in [1.82, 2.24) is 0 Å². The fourth-order valence-electron chi connectivity index (χ4n) is 8.84. The average molecular weight is 782 g/mol. The lowest BCUT2D eigenvalue weighted by molar-refractivity contribution is 1.28. The molecule has 282 valence electrons. The molecule has 0 bridgehead atoms. The molecular weight excluding hydrogens is 743 g/mol. The van der Waals surface area contributed by atoms with Gasteiger partial charge < -0.3 is 4.90 Å². The van der Waals surface area contributed by atoms with E-state index >= 15 is 0 Å². The average Bonchev–Trinajstić information content (AvgIpc) is 3.72. The number of hydrogen-bond acceptors (Lipinski definition) is 2. The second-order valence-corrected chi connectivity index (χ2v) is 16.3. The van der Waals surface area contributed by atoms with Crippen molar-refractivity contribution in [3.8, 4) is 55.6 Å². The first-order chi connectivity index (χ1) is 29.8. The van der Waals surface area contributed by atoms with Gasteiger partial charge in [-0.05, 0) is 109 Å². The van der Waals surface area contributed by atoms with Crippen LogP contribution in [0.15, 0.2) is 237 Å². The molecule has 0 amide bonds. The van der Waals surface area contributed by atoms with Gasteiger partial charge in [0, 0.05) is 37.1 Å². The van der Waals surface area contributed by atoms with E-state index in [1.165, 1.54) is 86.6 Å². The van der Waals surface area contributed by atoms with Gasteiger partial charge in [-0.2, -0.15) is 0 Å². The molecule has 0 spiro atoms. The molecule has 0 fully saturated rings. The third kappa shape index (κ3) is 6.44. The molecule has 0 aliphatic rings. The fraction of sp³-hybridized carbons (Fsp3) is 0. The zero-order chi connectivity index (χ0) is 39.8. The Kier molecular flexibility index (Phi) is 9.11. The predicted molar refractivity (Wildman–Crippen MR) is 259 cm³/mol. The number of fused-ring (bicyclic) bond motifs is 4. The van der Waals surface area contributed by atoms with Gasteiger partial charge in [-0.15, -0.1) is 11.3 Å². The quantitative estimate of drug-likeness (QED) is 0.148. The first-order valence-corrected chi connectivity index (χ1v) is 21.3. The first kappa shape index (κ1) is 35.6. The van der Waals surface area contributed by atoms with Gasteiger partial charge >= 0.3 is 0 Å². The Balaban J connectivity index is 1.12. The third-order valence-corrected chi connectivity index (χ3v) is 12.8. The van der Waals surface area contributed by atoms with Gasteiger partial charge in [0.15, 0.2) is 0 Å². The lowest BCUT2D eigenvalue weighted by Gasteiger charge is -2.30. The van der Waals surface area contributed by atoms with Crippen molar-refractivity contribution < 1.29 is 0 Å². The molecule has 1 aromatic heterocycles. The molecule has 60 heavy (non-hydrogen) atoms. The van der Waals surface area contributed by atoms with Gasteiger partial charge in [0.2, 0.25) is 0 Å². The molecule has 11 rings (SSSR count). The summed E-state index contributed by atoms with van der Waals surface area (Å²) in [5.74, 6) is 0. The summed E-state index contributed by atoms with van der Waals surface area (Å²) in [6, 6.07) is 86.2. The van der Waals surface area contributed by atoms with Gasteiger partial charge in [-0.25, -0.2) is 0 Å². The number of hydrogen-bond donors (Lipinski definition) is 0. The predicted octanol–water partition coefficient (Wildman–Crippen LogP) is 17.0. The zero-order valence-electron chi connectivity index (χ0n) is 32.9. The van der Waals surface area contributed by atoms with Crippen LogP contribution in [0.25, 0.3) is 86.6 Å². The minimum Gasteiger partial charge on any atom is -0.310 e. The van der Waals surface area contributed by atoms with Crippen LogP contribution in [-0.2, 0) is 0 Å². The second-order valence-electron chi connectivity index (χ2n) is 15.2. The van der Waals surface area contributed by atoms with Gasteiger partial charge in [-0.3, -0.25) is 0 Å². The zero-order valence-corrected chi connectivity index (χ0v) is 33.7. The molecule has 11 aromatic rings. The Morgan fingerprint density at radius 2 is 0.817 bits per heavy atom. The maximum absolute atomic E-state index is 2.44. The molecule has 0 saturated carbocycles. The lowest BCUT2D eigenvalue weighted by Crippen LogP contribution is -2.12. The van der Waals surface area contributed by atoms with E-state index in [0.29, 0.717) is 0 Å². The summed E-state index contributed by atoms with van der Waals surface area (Å²) < 4.78 is 2.63. The Morgan fingerprint density at radius 1 is 0.300 bits per heavy atom. The number of anilines is 3. The highest BCUT2D eigenvalue weighted by atomic mass is 32.1. The Hall–Kier alpha value is -7.52. The summed E-state index contributed by atoms with van der Waals surface area (Å²) >= 11 is 1.86. The summed E-state index contributed by atoms with van der Waals surface area (Å²) in [7, 11) is 0. The van der Waals surface area contributed by atoms with E-state index in [2.05, 4.69) is 241 Å². The second kappa shape index (κ2) is 15.3.